The number of hydrogen-bond donors (Lipinski definition) is 3. The standard InChI is InChI=1S/C17H20N6O/c1-11(6-12-7-18-10-19-12)16(24)20-13-8-23(9-13)17-21-14-4-2-3-5-15(14)22-17/h2-5,7,10-11,13H,6,8-9H2,1H3,(H,18,19)(H,20,24)(H,21,22). The summed E-state index contributed by atoms with van der Waals surface area (Å²) in [6.45, 7) is 3.50. The molecule has 3 heterocycles. The van der Waals surface area contributed by atoms with Crippen molar-refractivity contribution in [1.82, 2.24) is 25.3 Å². The topological polar surface area (TPSA) is 89.7 Å². The maximum atomic E-state index is 12.3. The molecule has 1 aliphatic rings. The van der Waals surface area contributed by atoms with E-state index in [4.69, 9.17) is 0 Å². The number of amides is 1. The van der Waals surface area contributed by atoms with Gasteiger partial charge >= 0.3 is 0 Å². The van der Waals surface area contributed by atoms with Crippen molar-refractivity contribution in [1.29, 1.82) is 0 Å². The summed E-state index contributed by atoms with van der Waals surface area (Å²) in [6, 6.07) is 8.15. The van der Waals surface area contributed by atoms with Crippen LogP contribution in [0.15, 0.2) is 36.8 Å². The van der Waals surface area contributed by atoms with Crippen LogP contribution >= 0.6 is 0 Å². The summed E-state index contributed by atoms with van der Waals surface area (Å²) in [5.74, 6) is 0.872. The molecule has 0 bridgehead atoms. The summed E-state index contributed by atoms with van der Waals surface area (Å²) in [6.07, 6.45) is 4.07. The molecule has 1 saturated heterocycles. The lowest BCUT2D eigenvalue weighted by atomic mass is 10.0. The van der Waals surface area contributed by atoms with Gasteiger partial charge < -0.3 is 20.2 Å². The fourth-order valence-corrected chi connectivity index (χ4v) is 2.99. The second-order valence-corrected chi connectivity index (χ2v) is 6.37. The highest BCUT2D eigenvalue weighted by atomic mass is 16.2. The van der Waals surface area contributed by atoms with Gasteiger partial charge in [-0.25, -0.2) is 9.97 Å². The van der Waals surface area contributed by atoms with Gasteiger partial charge in [-0.3, -0.25) is 4.79 Å². The van der Waals surface area contributed by atoms with Gasteiger partial charge in [0.25, 0.3) is 0 Å². The number of hydrogen-bond acceptors (Lipinski definition) is 4. The molecule has 1 unspecified atom stereocenters. The summed E-state index contributed by atoms with van der Waals surface area (Å²) in [7, 11) is 0. The third-order valence-corrected chi connectivity index (χ3v) is 4.43. The van der Waals surface area contributed by atoms with E-state index in [2.05, 4.69) is 30.2 Å². The summed E-state index contributed by atoms with van der Waals surface area (Å²) in [5.41, 5.74) is 2.98. The number of benzene rings is 1. The van der Waals surface area contributed by atoms with Crippen LogP contribution in [-0.4, -0.2) is 45.0 Å². The molecule has 7 heteroatoms. The van der Waals surface area contributed by atoms with Crippen LogP contribution in [0.2, 0.25) is 0 Å². The molecule has 3 N–H and O–H groups in total. The van der Waals surface area contributed by atoms with Crippen molar-refractivity contribution in [3.8, 4) is 0 Å². The van der Waals surface area contributed by atoms with Gasteiger partial charge in [-0.1, -0.05) is 19.1 Å². The monoisotopic (exact) mass is 324 g/mol. The predicted molar refractivity (Wildman–Crippen MR) is 91.7 cm³/mol. The van der Waals surface area contributed by atoms with Crippen LogP contribution in [0.3, 0.4) is 0 Å². The lowest BCUT2D eigenvalue weighted by molar-refractivity contribution is -0.125. The number of imidazole rings is 2. The van der Waals surface area contributed by atoms with Crippen LogP contribution < -0.4 is 10.2 Å². The van der Waals surface area contributed by atoms with Crippen LogP contribution in [0.1, 0.15) is 12.6 Å². The van der Waals surface area contributed by atoms with E-state index < -0.39 is 0 Å². The highest BCUT2D eigenvalue weighted by Gasteiger charge is 2.31. The van der Waals surface area contributed by atoms with Crippen molar-refractivity contribution in [2.24, 2.45) is 5.92 Å². The Labute approximate surface area is 139 Å². The molecule has 1 amide bonds. The van der Waals surface area contributed by atoms with Crippen LogP contribution in [0.4, 0.5) is 5.95 Å². The molecule has 7 nitrogen and oxygen atoms in total. The third-order valence-electron chi connectivity index (χ3n) is 4.43. The van der Waals surface area contributed by atoms with Crippen molar-refractivity contribution < 1.29 is 4.79 Å². The lowest BCUT2D eigenvalue weighted by Gasteiger charge is -2.39. The molecule has 1 fully saturated rings. The number of anilines is 1. The van der Waals surface area contributed by atoms with E-state index in [1.807, 2.05) is 31.2 Å². The van der Waals surface area contributed by atoms with Crippen molar-refractivity contribution in [3.05, 3.63) is 42.5 Å². The molecule has 0 saturated carbocycles. The molecule has 1 atom stereocenters. The van der Waals surface area contributed by atoms with Gasteiger partial charge in [0.1, 0.15) is 0 Å². The van der Waals surface area contributed by atoms with E-state index in [1.165, 1.54) is 0 Å². The van der Waals surface area contributed by atoms with Gasteiger partial charge in [0, 0.05) is 37.3 Å². The van der Waals surface area contributed by atoms with E-state index in [0.29, 0.717) is 6.42 Å². The quantitative estimate of drug-likeness (QED) is 0.663. The summed E-state index contributed by atoms with van der Waals surface area (Å²) in [4.78, 5) is 29.3. The molecule has 2 aromatic heterocycles. The molecule has 3 aromatic rings. The zero-order valence-electron chi connectivity index (χ0n) is 13.5. The number of rotatable bonds is 5. The van der Waals surface area contributed by atoms with E-state index in [1.54, 1.807) is 12.5 Å². The van der Waals surface area contributed by atoms with E-state index in [9.17, 15) is 4.79 Å². The molecule has 124 valence electrons. The smallest absolute Gasteiger partial charge is 0.223 e. The van der Waals surface area contributed by atoms with Crippen LogP contribution in [-0.2, 0) is 11.2 Å². The number of carbonyl (C=O) groups is 1. The first-order valence-corrected chi connectivity index (χ1v) is 8.16. The van der Waals surface area contributed by atoms with Crippen molar-refractivity contribution in [2.75, 3.05) is 18.0 Å². The van der Waals surface area contributed by atoms with E-state index >= 15 is 0 Å². The Balaban J connectivity index is 1.30. The number of fused-ring (bicyclic) bond motifs is 1. The van der Waals surface area contributed by atoms with Gasteiger partial charge in [0.05, 0.1) is 23.4 Å². The Morgan fingerprint density at radius 2 is 2.25 bits per heavy atom. The molecule has 4 rings (SSSR count). The third kappa shape index (κ3) is 2.84. The first-order chi connectivity index (χ1) is 11.7. The number of nitrogens with one attached hydrogen (secondary N) is 3. The maximum Gasteiger partial charge on any atom is 0.223 e. The highest BCUT2D eigenvalue weighted by Crippen LogP contribution is 2.21. The molecule has 0 spiro atoms. The zero-order chi connectivity index (χ0) is 16.5. The van der Waals surface area contributed by atoms with Crippen LogP contribution in [0.25, 0.3) is 11.0 Å². The minimum absolute atomic E-state index is 0.0781. The average Bonchev–Trinajstić information content (AvgIpc) is 3.18. The Hall–Kier alpha value is -2.83. The molecular formula is C17H20N6O. The number of carbonyl (C=O) groups excluding carboxylic acids is 1. The minimum atomic E-state index is -0.0781. The summed E-state index contributed by atoms with van der Waals surface area (Å²) < 4.78 is 0. The highest BCUT2D eigenvalue weighted by molar-refractivity contribution is 5.80. The fourth-order valence-electron chi connectivity index (χ4n) is 2.99. The fraction of sp³-hybridized carbons (Fsp3) is 0.353. The van der Waals surface area contributed by atoms with E-state index in [-0.39, 0.29) is 17.9 Å². The normalized spacial score (nSPS) is 16.1. The summed E-state index contributed by atoms with van der Waals surface area (Å²) >= 11 is 0. The maximum absolute atomic E-state index is 12.3. The number of H-pyrrole nitrogens is 2. The number of aromatic nitrogens is 4. The van der Waals surface area contributed by atoms with Gasteiger partial charge in [0.15, 0.2) is 0 Å². The number of nitrogens with zero attached hydrogens (tertiary/aromatic N) is 3. The van der Waals surface area contributed by atoms with Crippen LogP contribution in [0, 0.1) is 5.92 Å². The zero-order valence-corrected chi connectivity index (χ0v) is 13.5. The number of para-hydroxylation sites is 2. The van der Waals surface area contributed by atoms with Crippen molar-refractivity contribution in [3.63, 3.8) is 0 Å². The first kappa shape index (κ1) is 14.7. The first-order valence-electron chi connectivity index (χ1n) is 8.16. The molecular weight excluding hydrogens is 304 g/mol. The number of aromatic amines is 2. The average molecular weight is 324 g/mol. The van der Waals surface area contributed by atoms with Gasteiger partial charge in [-0.2, -0.15) is 0 Å². The second-order valence-electron chi connectivity index (χ2n) is 6.37. The lowest BCUT2D eigenvalue weighted by Crippen LogP contribution is -2.60. The van der Waals surface area contributed by atoms with Gasteiger partial charge in [-0.05, 0) is 12.1 Å². The summed E-state index contributed by atoms with van der Waals surface area (Å²) in [5, 5.41) is 3.11. The Morgan fingerprint density at radius 3 is 3.00 bits per heavy atom. The minimum Gasteiger partial charge on any atom is -0.350 e. The van der Waals surface area contributed by atoms with Crippen molar-refractivity contribution >= 4 is 22.9 Å². The van der Waals surface area contributed by atoms with Gasteiger partial charge in [0.2, 0.25) is 11.9 Å². The SMILES string of the molecule is CC(Cc1cnc[nH]1)C(=O)NC1CN(c2nc3ccccc3[nH]2)C1. The largest absolute Gasteiger partial charge is 0.350 e. The molecule has 1 aliphatic heterocycles. The Bertz CT molecular complexity index is 801. The second kappa shape index (κ2) is 5.99. The van der Waals surface area contributed by atoms with Crippen molar-refractivity contribution in [2.45, 2.75) is 19.4 Å². The van der Waals surface area contributed by atoms with Crippen LogP contribution in [0.5, 0.6) is 0 Å². The molecule has 0 radical (unpaired) electrons. The molecule has 0 aliphatic carbocycles. The Morgan fingerprint density at radius 1 is 1.42 bits per heavy atom. The molecule has 1 aromatic carbocycles. The van der Waals surface area contributed by atoms with E-state index in [0.717, 1.165) is 35.8 Å². The molecule has 24 heavy (non-hydrogen) atoms. The van der Waals surface area contributed by atoms with Gasteiger partial charge in [-0.15, -0.1) is 0 Å². The predicted octanol–water partition coefficient (Wildman–Crippen LogP) is 1.47. The Kier molecular flexibility index (Phi) is 3.68.